The Kier molecular flexibility index (Phi) is 8.22. The number of rotatable bonds is 5. The second-order valence-corrected chi connectivity index (χ2v) is 9.62. The number of nitrogens with two attached hydrogens (primary N) is 1. The van der Waals surface area contributed by atoms with Gasteiger partial charge in [-0.2, -0.15) is 10.2 Å². The molecule has 4 rings (SSSR count). The first-order chi connectivity index (χ1) is 15.8. The summed E-state index contributed by atoms with van der Waals surface area (Å²) in [6.07, 6.45) is 5.57. The van der Waals surface area contributed by atoms with E-state index in [2.05, 4.69) is 55.8 Å². The van der Waals surface area contributed by atoms with Gasteiger partial charge >= 0.3 is 0 Å². The van der Waals surface area contributed by atoms with Crippen LogP contribution in [0.4, 0.5) is 0 Å². The van der Waals surface area contributed by atoms with Crippen LogP contribution in [0.25, 0.3) is 0 Å². The molecule has 1 aliphatic carbocycles. The number of aromatic hydroxyl groups is 1. The Morgan fingerprint density at radius 1 is 1.21 bits per heavy atom. The maximum Gasteiger partial charge on any atom is 0.119 e. The maximum atomic E-state index is 10.6. The number of allylic oxidation sites excluding steroid dienone is 1. The zero-order chi connectivity index (χ0) is 24.0. The zero-order valence-electron chi connectivity index (χ0n) is 20.0. The third kappa shape index (κ3) is 5.98. The fourth-order valence-electron chi connectivity index (χ4n) is 4.96. The second-order valence-electron chi connectivity index (χ2n) is 9.62. The van der Waals surface area contributed by atoms with Crippen LogP contribution < -0.4 is 5.73 Å². The summed E-state index contributed by atoms with van der Waals surface area (Å²) in [6, 6.07) is 16.1. The third-order valence-electron chi connectivity index (χ3n) is 7.13. The van der Waals surface area contributed by atoms with Gasteiger partial charge in [0.05, 0.1) is 18.0 Å². The average molecular weight is 448 g/mol. The summed E-state index contributed by atoms with van der Waals surface area (Å²) in [7, 11) is 0. The predicted molar refractivity (Wildman–Crippen MR) is 137 cm³/mol. The fourth-order valence-corrected chi connectivity index (χ4v) is 4.96. The molecule has 0 amide bonds. The van der Waals surface area contributed by atoms with Gasteiger partial charge < -0.3 is 15.9 Å². The summed E-state index contributed by atoms with van der Waals surface area (Å²) >= 11 is 0. The SMILES string of the molecule is C=CC1(C)CCC(c2ccc(C3=NN=C(CO)C3)cc2O)CC1C(C)N.Cc1ccccc1. The molecule has 4 N–H and O–H groups in total. The fraction of sp³-hybridized carbons (Fsp3) is 0.429. The molecule has 0 aromatic heterocycles. The minimum Gasteiger partial charge on any atom is -0.508 e. The highest BCUT2D eigenvalue weighted by atomic mass is 16.3. The number of aliphatic hydroxyl groups excluding tert-OH is 1. The molecular formula is C28H37N3O2. The van der Waals surface area contributed by atoms with Gasteiger partial charge in [-0.05, 0) is 62.0 Å². The van der Waals surface area contributed by atoms with Gasteiger partial charge in [-0.25, -0.2) is 0 Å². The Morgan fingerprint density at radius 2 is 1.94 bits per heavy atom. The molecule has 4 unspecified atom stereocenters. The minimum absolute atomic E-state index is 0.0524. The van der Waals surface area contributed by atoms with Crippen LogP contribution in [0.2, 0.25) is 0 Å². The van der Waals surface area contributed by atoms with E-state index in [0.29, 0.717) is 29.7 Å². The molecule has 0 saturated heterocycles. The van der Waals surface area contributed by atoms with Crippen molar-refractivity contribution in [3.63, 3.8) is 0 Å². The van der Waals surface area contributed by atoms with Gasteiger partial charge in [-0.1, -0.05) is 61.0 Å². The number of phenols is 1. The summed E-state index contributed by atoms with van der Waals surface area (Å²) in [5.41, 5.74) is 10.9. The number of benzene rings is 2. The average Bonchev–Trinajstić information content (AvgIpc) is 3.30. The lowest BCUT2D eigenvalue weighted by atomic mass is 9.61. The Morgan fingerprint density at radius 3 is 2.45 bits per heavy atom. The first-order valence-electron chi connectivity index (χ1n) is 11.7. The van der Waals surface area contributed by atoms with E-state index in [1.165, 1.54) is 5.56 Å². The molecule has 5 heteroatoms. The van der Waals surface area contributed by atoms with E-state index >= 15 is 0 Å². The summed E-state index contributed by atoms with van der Waals surface area (Å²) in [6.45, 7) is 10.3. The Bertz CT molecular complexity index is 1010. The maximum absolute atomic E-state index is 10.6. The van der Waals surface area contributed by atoms with Crippen LogP contribution in [0.5, 0.6) is 5.75 Å². The van der Waals surface area contributed by atoms with Crippen molar-refractivity contribution in [2.75, 3.05) is 6.61 Å². The highest BCUT2D eigenvalue weighted by Crippen LogP contribution is 2.50. The molecule has 2 aliphatic rings. The van der Waals surface area contributed by atoms with Gasteiger partial charge in [0.2, 0.25) is 0 Å². The van der Waals surface area contributed by atoms with E-state index in [9.17, 15) is 5.11 Å². The van der Waals surface area contributed by atoms with Gasteiger partial charge in [-0.15, -0.1) is 6.58 Å². The van der Waals surface area contributed by atoms with Crippen molar-refractivity contribution in [2.45, 2.75) is 58.4 Å². The molecule has 1 saturated carbocycles. The van der Waals surface area contributed by atoms with Crippen LogP contribution in [-0.4, -0.2) is 34.3 Å². The molecule has 0 radical (unpaired) electrons. The Labute approximate surface area is 197 Å². The quantitative estimate of drug-likeness (QED) is 0.540. The summed E-state index contributed by atoms with van der Waals surface area (Å²) in [5, 5.41) is 27.9. The lowest BCUT2D eigenvalue weighted by Crippen LogP contribution is -2.42. The predicted octanol–water partition coefficient (Wildman–Crippen LogP) is 5.35. The van der Waals surface area contributed by atoms with Crippen LogP contribution in [-0.2, 0) is 0 Å². The molecular weight excluding hydrogens is 410 g/mol. The molecule has 1 aliphatic heterocycles. The molecule has 176 valence electrons. The Balaban J connectivity index is 0.000000374. The van der Waals surface area contributed by atoms with Crippen LogP contribution in [0.1, 0.15) is 62.1 Å². The van der Waals surface area contributed by atoms with Gasteiger partial charge in [0.1, 0.15) is 5.75 Å². The van der Waals surface area contributed by atoms with Crippen molar-refractivity contribution >= 4 is 11.4 Å². The highest BCUT2D eigenvalue weighted by molar-refractivity contribution is 6.15. The topological polar surface area (TPSA) is 91.2 Å². The van der Waals surface area contributed by atoms with Crippen molar-refractivity contribution in [3.05, 3.63) is 77.9 Å². The molecule has 33 heavy (non-hydrogen) atoms. The van der Waals surface area contributed by atoms with Crippen molar-refractivity contribution in [1.29, 1.82) is 0 Å². The summed E-state index contributed by atoms with van der Waals surface area (Å²) in [5.74, 6) is 0.943. The summed E-state index contributed by atoms with van der Waals surface area (Å²) in [4.78, 5) is 0. The number of aryl methyl sites for hydroxylation is 1. The van der Waals surface area contributed by atoms with Crippen LogP contribution >= 0.6 is 0 Å². The molecule has 1 fully saturated rings. The smallest absolute Gasteiger partial charge is 0.119 e. The molecule has 5 nitrogen and oxygen atoms in total. The number of phenolic OH excluding ortho intramolecular Hbond substituents is 1. The van der Waals surface area contributed by atoms with E-state index in [-0.39, 0.29) is 18.1 Å². The summed E-state index contributed by atoms with van der Waals surface area (Å²) < 4.78 is 0. The molecule has 0 spiro atoms. The van der Waals surface area contributed by atoms with Crippen molar-refractivity contribution in [2.24, 2.45) is 27.3 Å². The van der Waals surface area contributed by atoms with E-state index in [1.807, 2.05) is 30.3 Å². The number of nitrogens with zero attached hydrogens (tertiary/aromatic N) is 2. The first-order valence-corrected chi connectivity index (χ1v) is 11.7. The lowest BCUT2D eigenvalue weighted by molar-refractivity contribution is 0.133. The molecule has 4 atom stereocenters. The van der Waals surface area contributed by atoms with Crippen LogP contribution in [0.3, 0.4) is 0 Å². The lowest BCUT2D eigenvalue weighted by Gasteiger charge is -2.45. The van der Waals surface area contributed by atoms with Gasteiger partial charge in [0, 0.05) is 18.0 Å². The van der Waals surface area contributed by atoms with E-state index in [1.54, 1.807) is 6.07 Å². The monoisotopic (exact) mass is 447 g/mol. The molecule has 1 heterocycles. The van der Waals surface area contributed by atoms with Crippen LogP contribution in [0.15, 0.2) is 71.4 Å². The molecule has 2 aromatic rings. The standard InChI is InChI=1S/C21H29N3O2.C7H8/c1-4-21(3)8-7-14(9-18(21)13(2)22)17-6-5-15(10-20(17)26)19-11-16(12-25)23-24-19;1-7-5-3-2-4-6-7/h4-6,10,13-14,18,25-26H,1,7-9,11-12,22H2,2-3H3;2-6H,1H3. The number of aliphatic hydroxyl groups is 1. The number of hydrogen-bond acceptors (Lipinski definition) is 5. The van der Waals surface area contributed by atoms with Crippen molar-refractivity contribution in [3.8, 4) is 5.75 Å². The highest BCUT2D eigenvalue weighted by Gasteiger charge is 2.40. The first kappa shape index (κ1) is 24.9. The third-order valence-corrected chi connectivity index (χ3v) is 7.13. The van der Waals surface area contributed by atoms with E-state index in [4.69, 9.17) is 10.8 Å². The number of hydrogen-bond donors (Lipinski definition) is 3. The van der Waals surface area contributed by atoms with E-state index in [0.717, 1.165) is 36.1 Å². The normalized spacial score (nSPS) is 25.4. The van der Waals surface area contributed by atoms with Gasteiger partial charge in [0.25, 0.3) is 0 Å². The Hall–Kier alpha value is -2.76. The molecule has 2 aromatic carbocycles. The second kappa shape index (κ2) is 10.9. The van der Waals surface area contributed by atoms with E-state index < -0.39 is 0 Å². The zero-order valence-corrected chi connectivity index (χ0v) is 20.0. The molecule has 0 bridgehead atoms. The minimum atomic E-state index is -0.0835. The van der Waals surface area contributed by atoms with Gasteiger partial charge in [0.15, 0.2) is 0 Å². The van der Waals surface area contributed by atoms with Crippen molar-refractivity contribution < 1.29 is 10.2 Å². The largest absolute Gasteiger partial charge is 0.508 e. The van der Waals surface area contributed by atoms with Gasteiger partial charge in [-0.3, -0.25) is 0 Å². The van der Waals surface area contributed by atoms with Crippen molar-refractivity contribution in [1.82, 2.24) is 0 Å². The van der Waals surface area contributed by atoms with Crippen LogP contribution in [0, 0.1) is 18.3 Å².